The van der Waals surface area contributed by atoms with Crippen LogP contribution in [-0.4, -0.2) is 25.2 Å². The van der Waals surface area contributed by atoms with Crippen molar-refractivity contribution in [3.05, 3.63) is 84.5 Å². The zero-order valence-electron chi connectivity index (χ0n) is 14.9. The van der Waals surface area contributed by atoms with E-state index in [9.17, 15) is 4.79 Å². The van der Waals surface area contributed by atoms with Crippen LogP contribution < -0.4 is 5.32 Å². The van der Waals surface area contributed by atoms with Gasteiger partial charge in [-0.15, -0.1) is 0 Å². The number of nitrogens with zero attached hydrogens (tertiary/aromatic N) is 4. The summed E-state index contributed by atoms with van der Waals surface area (Å²) in [5.41, 5.74) is 3.80. The van der Waals surface area contributed by atoms with E-state index in [1.807, 2.05) is 72.4 Å². The predicted octanol–water partition coefficient (Wildman–Crippen LogP) is 3.09. The van der Waals surface area contributed by atoms with E-state index in [4.69, 9.17) is 0 Å². The Bertz CT molecular complexity index is 1110. The molecule has 0 saturated carbocycles. The molecule has 0 aliphatic heterocycles. The van der Waals surface area contributed by atoms with Crippen molar-refractivity contribution in [1.29, 1.82) is 0 Å². The number of aryl methyl sites for hydroxylation is 1. The van der Waals surface area contributed by atoms with Crippen LogP contribution in [0.2, 0.25) is 0 Å². The van der Waals surface area contributed by atoms with Gasteiger partial charge in [-0.3, -0.25) is 4.79 Å². The summed E-state index contributed by atoms with van der Waals surface area (Å²) in [5.74, 6) is 0.643. The van der Waals surface area contributed by atoms with Gasteiger partial charge in [-0.25, -0.2) is 9.67 Å². The summed E-state index contributed by atoms with van der Waals surface area (Å²) in [7, 11) is 1.95. The zero-order chi connectivity index (χ0) is 18.6. The van der Waals surface area contributed by atoms with Crippen LogP contribution in [-0.2, 0) is 18.4 Å². The first-order valence-electron chi connectivity index (χ1n) is 8.67. The highest BCUT2D eigenvalue weighted by Crippen LogP contribution is 2.14. The predicted molar refractivity (Wildman–Crippen MR) is 105 cm³/mol. The lowest BCUT2D eigenvalue weighted by atomic mass is 10.3. The Balaban J connectivity index is 1.39. The largest absolute Gasteiger partial charge is 0.345 e. The molecule has 0 atom stereocenters. The van der Waals surface area contributed by atoms with E-state index in [0.29, 0.717) is 6.54 Å². The topological polar surface area (TPSA) is 64.7 Å². The van der Waals surface area contributed by atoms with E-state index >= 15 is 0 Å². The molecular formula is C21H19N5O. The second-order valence-corrected chi connectivity index (χ2v) is 6.18. The second-order valence-electron chi connectivity index (χ2n) is 6.18. The monoisotopic (exact) mass is 357 g/mol. The van der Waals surface area contributed by atoms with Crippen LogP contribution in [0.4, 0.5) is 0 Å². The van der Waals surface area contributed by atoms with Crippen LogP contribution >= 0.6 is 0 Å². The summed E-state index contributed by atoms with van der Waals surface area (Å²) in [6.45, 7) is 0.373. The van der Waals surface area contributed by atoms with Crippen LogP contribution in [0.15, 0.2) is 73.1 Å². The normalized spacial score (nSPS) is 11.3. The molecule has 0 unspecified atom stereocenters. The number of hydrogen-bond donors (Lipinski definition) is 1. The van der Waals surface area contributed by atoms with Crippen LogP contribution in [0.1, 0.15) is 11.4 Å². The highest BCUT2D eigenvalue weighted by Gasteiger charge is 2.07. The Morgan fingerprint density at radius 1 is 1.11 bits per heavy atom. The fourth-order valence-electron chi connectivity index (χ4n) is 2.90. The summed E-state index contributed by atoms with van der Waals surface area (Å²) in [6.07, 6.45) is 6.86. The van der Waals surface area contributed by atoms with Crippen LogP contribution in [0.3, 0.4) is 0 Å². The van der Waals surface area contributed by atoms with Crippen molar-refractivity contribution >= 4 is 23.0 Å². The van der Waals surface area contributed by atoms with E-state index in [-0.39, 0.29) is 5.91 Å². The fraction of sp³-hybridized carbons (Fsp3) is 0.0952. The molecule has 0 saturated heterocycles. The molecule has 0 aliphatic carbocycles. The maximum absolute atomic E-state index is 12.1. The Morgan fingerprint density at radius 2 is 1.89 bits per heavy atom. The lowest BCUT2D eigenvalue weighted by Gasteiger charge is -2.03. The number of imidazole rings is 1. The van der Waals surface area contributed by atoms with Crippen molar-refractivity contribution in [2.24, 2.45) is 7.05 Å². The van der Waals surface area contributed by atoms with Gasteiger partial charge >= 0.3 is 0 Å². The number of hydrogen-bond acceptors (Lipinski definition) is 3. The summed E-state index contributed by atoms with van der Waals surface area (Å²) >= 11 is 0. The molecule has 6 heteroatoms. The molecule has 6 nitrogen and oxygen atoms in total. The third-order valence-electron chi connectivity index (χ3n) is 4.35. The number of para-hydroxylation sites is 3. The van der Waals surface area contributed by atoms with Gasteiger partial charge in [-0.05, 0) is 30.3 Å². The number of fused-ring (bicyclic) bond motifs is 1. The minimum atomic E-state index is -0.172. The number of nitrogens with one attached hydrogen (secondary N) is 1. The molecule has 0 bridgehead atoms. The van der Waals surface area contributed by atoms with Crippen LogP contribution in [0, 0.1) is 0 Å². The van der Waals surface area contributed by atoms with E-state index in [1.54, 1.807) is 17.0 Å². The van der Waals surface area contributed by atoms with Gasteiger partial charge in [0.2, 0.25) is 5.91 Å². The number of aromatic nitrogens is 4. The average Bonchev–Trinajstić information content (AvgIpc) is 3.31. The maximum Gasteiger partial charge on any atom is 0.244 e. The van der Waals surface area contributed by atoms with Crippen molar-refractivity contribution in [2.75, 3.05) is 0 Å². The molecule has 2 heterocycles. The average molecular weight is 357 g/mol. The maximum atomic E-state index is 12.1. The third-order valence-corrected chi connectivity index (χ3v) is 4.35. The van der Waals surface area contributed by atoms with Gasteiger partial charge < -0.3 is 9.88 Å². The molecule has 134 valence electrons. The summed E-state index contributed by atoms with van der Waals surface area (Å²) < 4.78 is 3.76. The molecule has 0 radical (unpaired) electrons. The standard InChI is InChI=1S/C21H19N5O/c1-25-19-10-6-5-9-18(19)24-20(25)14-22-21(27)12-11-16-13-23-26(15-16)17-7-3-2-4-8-17/h2-13,15H,14H2,1H3,(H,22,27)/b12-11+. The van der Waals surface area contributed by atoms with E-state index in [1.165, 1.54) is 6.08 Å². The van der Waals surface area contributed by atoms with Crippen molar-refractivity contribution in [2.45, 2.75) is 6.54 Å². The lowest BCUT2D eigenvalue weighted by molar-refractivity contribution is -0.116. The summed E-state index contributed by atoms with van der Waals surface area (Å²) in [5, 5.41) is 7.19. The highest BCUT2D eigenvalue weighted by atomic mass is 16.1. The second kappa shape index (κ2) is 7.29. The molecule has 4 rings (SSSR count). The van der Waals surface area contributed by atoms with E-state index in [0.717, 1.165) is 28.1 Å². The van der Waals surface area contributed by atoms with Gasteiger partial charge in [0.05, 0.1) is 29.5 Å². The molecule has 2 aromatic carbocycles. The van der Waals surface area contributed by atoms with Gasteiger partial charge in [0, 0.05) is 24.9 Å². The smallest absolute Gasteiger partial charge is 0.244 e. The molecule has 4 aromatic rings. The van der Waals surface area contributed by atoms with Gasteiger partial charge in [0.15, 0.2) is 0 Å². The Labute approximate surface area is 156 Å². The van der Waals surface area contributed by atoms with E-state index in [2.05, 4.69) is 15.4 Å². The SMILES string of the molecule is Cn1c(CNC(=O)/C=C/c2cnn(-c3ccccc3)c2)nc2ccccc21. The first kappa shape index (κ1) is 16.8. The molecule has 1 N–H and O–H groups in total. The van der Waals surface area contributed by atoms with Crippen molar-refractivity contribution < 1.29 is 4.79 Å². The summed E-state index contributed by atoms with van der Waals surface area (Å²) in [6, 6.07) is 17.7. The van der Waals surface area contributed by atoms with Crippen LogP contribution in [0.25, 0.3) is 22.8 Å². The van der Waals surface area contributed by atoms with E-state index < -0.39 is 0 Å². The van der Waals surface area contributed by atoms with Gasteiger partial charge in [0.25, 0.3) is 0 Å². The van der Waals surface area contributed by atoms with Crippen molar-refractivity contribution in [1.82, 2.24) is 24.6 Å². The number of carbonyl (C=O) groups is 1. The van der Waals surface area contributed by atoms with Crippen molar-refractivity contribution in [3.8, 4) is 5.69 Å². The van der Waals surface area contributed by atoms with Gasteiger partial charge in [-0.2, -0.15) is 5.10 Å². The third kappa shape index (κ3) is 3.64. The molecule has 1 amide bonds. The molecule has 2 aromatic heterocycles. The minimum absolute atomic E-state index is 0.172. The van der Waals surface area contributed by atoms with Gasteiger partial charge in [0.1, 0.15) is 5.82 Å². The number of carbonyl (C=O) groups excluding carboxylic acids is 1. The summed E-state index contributed by atoms with van der Waals surface area (Å²) in [4.78, 5) is 16.7. The quantitative estimate of drug-likeness (QED) is 0.558. The lowest BCUT2D eigenvalue weighted by Crippen LogP contribution is -2.22. The number of rotatable bonds is 5. The fourth-order valence-corrected chi connectivity index (χ4v) is 2.90. The first-order chi connectivity index (χ1) is 13.2. The number of amides is 1. The molecule has 0 aliphatic rings. The van der Waals surface area contributed by atoms with Crippen LogP contribution in [0.5, 0.6) is 0 Å². The molecule has 0 fully saturated rings. The van der Waals surface area contributed by atoms with Gasteiger partial charge in [-0.1, -0.05) is 30.3 Å². The Hall–Kier alpha value is -3.67. The Kier molecular flexibility index (Phi) is 4.53. The molecule has 0 spiro atoms. The first-order valence-corrected chi connectivity index (χ1v) is 8.67. The zero-order valence-corrected chi connectivity index (χ0v) is 14.9. The molecule has 27 heavy (non-hydrogen) atoms. The molecular weight excluding hydrogens is 338 g/mol. The number of benzene rings is 2. The Morgan fingerprint density at radius 3 is 2.70 bits per heavy atom. The van der Waals surface area contributed by atoms with Crippen molar-refractivity contribution in [3.63, 3.8) is 0 Å². The minimum Gasteiger partial charge on any atom is -0.345 e. The highest BCUT2D eigenvalue weighted by molar-refractivity contribution is 5.91.